The van der Waals surface area contributed by atoms with E-state index in [9.17, 15) is 29.1 Å². The molecule has 4 amide bonds. The summed E-state index contributed by atoms with van der Waals surface area (Å²) in [6.07, 6.45) is 1.30. The van der Waals surface area contributed by atoms with Gasteiger partial charge < -0.3 is 32.1 Å². The minimum absolute atomic E-state index is 0.0878. The quantitative estimate of drug-likeness (QED) is 0.229. The van der Waals surface area contributed by atoms with Gasteiger partial charge in [-0.05, 0) is 31.7 Å². The van der Waals surface area contributed by atoms with Gasteiger partial charge in [-0.25, -0.2) is 4.79 Å². The molecule has 0 aliphatic carbocycles. The summed E-state index contributed by atoms with van der Waals surface area (Å²) in [4.78, 5) is 58.8. The number of aliphatic carboxylic acids is 1. The van der Waals surface area contributed by atoms with Crippen molar-refractivity contribution in [1.29, 1.82) is 0 Å². The van der Waals surface area contributed by atoms with Crippen LogP contribution >= 0.6 is 0 Å². The largest absolute Gasteiger partial charge is 0.480 e. The molecule has 1 rings (SSSR count). The van der Waals surface area contributed by atoms with E-state index in [0.29, 0.717) is 6.42 Å². The van der Waals surface area contributed by atoms with Gasteiger partial charge in [-0.3, -0.25) is 19.2 Å². The molecule has 3 unspecified atom stereocenters. The molecule has 11 heteroatoms. The van der Waals surface area contributed by atoms with Crippen LogP contribution < -0.4 is 27.0 Å². The van der Waals surface area contributed by atoms with E-state index in [0.717, 1.165) is 13.0 Å². The van der Waals surface area contributed by atoms with Crippen LogP contribution in [0.5, 0.6) is 0 Å². The number of hydrogen-bond acceptors (Lipinski definition) is 6. The van der Waals surface area contributed by atoms with E-state index >= 15 is 0 Å². The molecule has 7 N–H and O–H groups in total. The van der Waals surface area contributed by atoms with Crippen LogP contribution in [0, 0.1) is 5.92 Å². The van der Waals surface area contributed by atoms with Gasteiger partial charge >= 0.3 is 5.97 Å². The Kier molecular flexibility index (Phi) is 9.36. The Bertz CT molecular complexity index is 603. The number of amides is 4. The van der Waals surface area contributed by atoms with Crippen LogP contribution in [0.2, 0.25) is 0 Å². The first-order valence-corrected chi connectivity index (χ1v) is 9.23. The minimum atomic E-state index is -1.21. The minimum Gasteiger partial charge on any atom is -0.480 e. The topological polar surface area (TPSA) is 180 Å². The molecule has 0 bridgehead atoms. The van der Waals surface area contributed by atoms with Crippen LogP contribution in [0.4, 0.5) is 0 Å². The number of carbonyl (C=O) groups is 5. The number of nitrogens with one attached hydrogen (secondary N) is 4. The van der Waals surface area contributed by atoms with E-state index in [-0.39, 0.29) is 37.3 Å². The summed E-state index contributed by atoms with van der Waals surface area (Å²) in [5.74, 6) is -3.93. The third kappa shape index (κ3) is 7.91. The molecule has 0 saturated carbocycles. The normalized spacial score (nSPS) is 18.2. The van der Waals surface area contributed by atoms with Gasteiger partial charge in [0.2, 0.25) is 23.6 Å². The standard InChI is InChI=1S/C17H29N5O6/c1-9(2)14(17(27)28)22-16(26)11(5-6-12(18)23)21-13(24)8-20-15(25)10-4-3-7-19-10/h9-11,14,19H,3-8H2,1-2H3,(H2,18,23)(H,20,25)(H,21,24)(H,22,26)(H,27,28). The molecule has 1 heterocycles. The predicted molar refractivity (Wildman–Crippen MR) is 98.8 cm³/mol. The molecule has 11 nitrogen and oxygen atoms in total. The Morgan fingerprint density at radius 3 is 2.36 bits per heavy atom. The van der Waals surface area contributed by atoms with Gasteiger partial charge in [0.15, 0.2) is 0 Å². The second kappa shape index (κ2) is 11.2. The molecule has 1 fully saturated rings. The molecule has 0 radical (unpaired) electrons. The zero-order valence-corrected chi connectivity index (χ0v) is 16.1. The summed E-state index contributed by atoms with van der Waals surface area (Å²) < 4.78 is 0. The summed E-state index contributed by atoms with van der Waals surface area (Å²) in [5.41, 5.74) is 5.10. The lowest BCUT2D eigenvalue weighted by Crippen LogP contribution is -2.54. The van der Waals surface area contributed by atoms with Crippen molar-refractivity contribution < 1.29 is 29.1 Å². The Hall–Kier alpha value is -2.69. The molecule has 0 aromatic carbocycles. The Morgan fingerprint density at radius 2 is 1.86 bits per heavy atom. The first-order chi connectivity index (χ1) is 13.1. The highest BCUT2D eigenvalue weighted by Gasteiger charge is 2.29. The summed E-state index contributed by atoms with van der Waals surface area (Å²) >= 11 is 0. The van der Waals surface area contributed by atoms with Gasteiger partial charge in [-0.2, -0.15) is 0 Å². The second-order valence-corrected chi connectivity index (χ2v) is 7.06. The Balaban J connectivity index is 2.64. The van der Waals surface area contributed by atoms with Crippen LogP contribution in [0.3, 0.4) is 0 Å². The van der Waals surface area contributed by atoms with E-state index in [2.05, 4.69) is 21.3 Å². The van der Waals surface area contributed by atoms with Crippen LogP contribution in [0.25, 0.3) is 0 Å². The van der Waals surface area contributed by atoms with E-state index in [4.69, 9.17) is 5.73 Å². The average molecular weight is 399 g/mol. The number of hydrogen-bond donors (Lipinski definition) is 6. The second-order valence-electron chi connectivity index (χ2n) is 7.06. The molecule has 158 valence electrons. The van der Waals surface area contributed by atoms with Crippen molar-refractivity contribution in [2.45, 2.75) is 57.7 Å². The van der Waals surface area contributed by atoms with E-state index in [1.165, 1.54) is 0 Å². The van der Waals surface area contributed by atoms with Gasteiger partial charge in [-0.1, -0.05) is 13.8 Å². The van der Waals surface area contributed by atoms with Crippen molar-refractivity contribution in [3.8, 4) is 0 Å². The maximum absolute atomic E-state index is 12.4. The van der Waals surface area contributed by atoms with E-state index in [1.54, 1.807) is 13.8 Å². The highest BCUT2D eigenvalue weighted by atomic mass is 16.4. The Morgan fingerprint density at radius 1 is 1.18 bits per heavy atom. The SMILES string of the molecule is CC(C)C(NC(=O)C(CCC(N)=O)NC(=O)CNC(=O)C1CCCN1)C(=O)O. The van der Waals surface area contributed by atoms with Crippen LogP contribution in [-0.4, -0.2) is 65.9 Å². The highest BCUT2D eigenvalue weighted by molar-refractivity contribution is 5.93. The van der Waals surface area contributed by atoms with Crippen LogP contribution in [-0.2, 0) is 24.0 Å². The maximum Gasteiger partial charge on any atom is 0.326 e. The maximum atomic E-state index is 12.4. The van der Waals surface area contributed by atoms with Crippen molar-refractivity contribution in [2.75, 3.05) is 13.1 Å². The van der Waals surface area contributed by atoms with Crippen molar-refractivity contribution in [3.63, 3.8) is 0 Å². The Labute approximate surface area is 163 Å². The van der Waals surface area contributed by atoms with Crippen molar-refractivity contribution >= 4 is 29.6 Å². The van der Waals surface area contributed by atoms with Crippen molar-refractivity contribution in [1.82, 2.24) is 21.3 Å². The molecule has 28 heavy (non-hydrogen) atoms. The zero-order chi connectivity index (χ0) is 21.3. The molecule has 0 aromatic heterocycles. The number of rotatable bonds is 11. The third-order valence-electron chi connectivity index (χ3n) is 4.36. The van der Waals surface area contributed by atoms with Crippen LogP contribution in [0.15, 0.2) is 0 Å². The number of carbonyl (C=O) groups excluding carboxylic acids is 4. The van der Waals surface area contributed by atoms with Gasteiger partial charge in [0.1, 0.15) is 12.1 Å². The first-order valence-electron chi connectivity index (χ1n) is 9.23. The molecular formula is C17H29N5O6. The first kappa shape index (κ1) is 23.3. The monoisotopic (exact) mass is 399 g/mol. The van der Waals surface area contributed by atoms with Gasteiger partial charge in [0, 0.05) is 6.42 Å². The highest BCUT2D eigenvalue weighted by Crippen LogP contribution is 2.05. The fourth-order valence-corrected chi connectivity index (χ4v) is 2.77. The van der Waals surface area contributed by atoms with Gasteiger partial charge in [0.25, 0.3) is 0 Å². The number of carboxylic acid groups (broad SMARTS) is 1. The lowest BCUT2D eigenvalue weighted by molar-refractivity contribution is -0.143. The molecule has 0 spiro atoms. The summed E-state index contributed by atoms with van der Waals surface area (Å²) in [6.45, 7) is 3.65. The van der Waals surface area contributed by atoms with Crippen molar-refractivity contribution in [3.05, 3.63) is 0 Å². The molecular weight excluding hydrogens is 370 g/mol. The average Bonchev–Trinajstić information content (AvgIpc) is 3.14. The zero-order valence-electron chi connectivity index (χ0n) is 16.1. The fraction of sp³-hybridized carbons (Fsp3) is 0.706. The molecule has 1 aliphatic heterocycles. The summed E-state index contributed by atoms with van der Waals surface area (Å²) in [7, 11) is 0. The van der Waals surface area contributed by atoms with Crippen molar-refractivity contribution in [2.24, 2.45) is 11.7 Å². The molecule has 3 atom stereocenters. The summed E-state index contributed by atoms with van der Waals surface area (Å²) in [6, 6.07) is -2.64. The fourth-order valence-electron chi connectivity index (χ4n) is 2.77. The lowest BCUT2D eigenvalue weighted by atomic mass is 10.0. The number of nitrogens with two attached hydrogens (primary N) is 1. The smallest absolute Gasteiger partial charge is 0.326 e. The van der Waals surface area contributed by atoms with Crippen LogP contribution in [0.1, 0.15) is 39.5 Å². The predicted octanol–water partition coefficient (Wildman–Crippen LogP) is -2.17. The molecule has 1 saturated heterocycles. The number of carboxylic acids is 1. The lowest BCUT2D eigenvalue weighted by Gasteiger charge is -2.23. The van der Waals surface area contributed by atoms with E-state index < -0.39 is 35.8 Å². The molecule has 0 aromatic rings. The molecule has 1 aliphatic rings. The number of primary amides is 1. The summed E-state index contributed by atoms with van der Waals surface area (Å²) in [5, 5.41) is 19.4. The third-order valence-corrected chi connectivity index (χ3v) is 4.36. The van der Waals surface area contributed by atoms with E-state index in [1.807, 2.05) is 0 Å². The van der Waals surface area contributed by atoms with Gasteiger partial charge in [-0.15, -0.1) is 0 Å². The van der Waals surface area contributed by atoms with Gasteiger partial charge in [0.05, 0.1) is 12.6 Å².